The minimum atomic E-state index is -1.21. The number of rotatable bonds is 10. The van der Waals surface area contributed by atoms with E-state index in [1.54, 1.807) is 4.90 Å². The molecule has 14 nitrogen and oxygen atoms in total. The van der Waals surface area contributed by atoms with Crippen molar-refractivity contribution in [2.45, 2.75) is 77.5 Å². The van der Waals surface area contributed by atoms with E-state index in [2.05, 4.69) is 63.1 Å². The molecule has 55 heavy (non-hydrogen) atoms. The summed E-state index contributed by atoms with van der Waals surface area (Å²) in [6, 6.07) is 16.7. The summed E-state index contributed by atoms with van der Waals surface area (Å²) >= 11 is 0. The Morgan fingerprint density at radius 3 is 1.95 bits per heavy atom. The third-order valence-corrected chi connectivity index (χ3v) is 10.9. The number of nitrogens with one attached hydrogen (secondary N) is 4. The number of alkyl carbamates (subject to hydrolysis) is 1. The van der Waals surface area contributed by atoms with Gasteiger partial charge in [0.2, 0.25) is 11.8 Å². The van der Waals surface area contributed by atoms with Crippen LogP contribution in [0.5, 0.6) is 0 Å². The number of hydrogen-bond donors (Lipinski definition) is 5. The molecule has 2 saturated heterocycles. The molecule has 2 aromatic heterocycles. The van der Waals surface area contributed by atoms with Gasteiger partial charge in [0.1, 0.15) is 23.7 Å². The number of carbonyl (C=O) groups excluding carboxylic acids is 3. The van der Waals surface area contributed by atoms with E-state index in [9.17, 15) is 24.3 Å². The highest BCUT2D eigenvalue weighted by molar-refractivity contribution is 5.92. The lowest BCUT2D eigenvalue weighted by atomic mass is 9.99. The van der Waals surface area contributed by atoms with Gasteiger partial charge in [0.25, 0.3) is 0 Å². The monoisotopic (exact) mass is 748 g/mol. The first-order chi connectivity index (χ1) is 26.4. The van der Waals surface area contributed by atoms with Crippen molar-refractivity contribution >= 4 is 45.8 Å². The van der Waals surface area contributed by atoms with Crippen LogP contribution in [0.4, 0.5) is 9.59 Å². The first kappa shape index (κ1) is 37.4. The second-order valence-corrected chi connectivity index (χ2v) is 15.2. The minimum Gasteiger partial charge on any atom is -0.465 e. The number of aromatic amines is 2. The summed E-state index contributed by atoms with van der Waals surface area (Å²) < 4.78 is 4.77. The first-order valence-corrected chi connectivity index (χ1v) is 19.0. The fourth-order valence-electron chi connectivity index (χ4n) is 7.94. The second kappa shape index (κ2) is 15.4. The fourth-order valence-corrected chi connectivity index (χ4v) is 7.94. The highest BCUT2D eigenvalue weighted by Gasteiger charge is 2.39. The lowest BCUT2D eigenvalue weighted by molar-refractivity contribution is -0.136. The van der Waals surface area contributed by atoms with Crippen molar-refractivity contribution in [3.8, 4) is 22.4 Å². The number of methoxy groups -OCH3 is 1. The van der Waals surface area contributed by atoms with Crippen LogP contribution in [0.2, 0.25) is 0 Å². The number of ether oxygens (including phenoxy) is 1. The zero-order valence-electron chi connectivity index (χ0n) is 31.8. The number of imidazole rings is 2. The highest BCUT2D eigenvalue weighted by atomic mass is 16.5. The van der Waals surface area contributed by atoms with Crippen LogP contribution in [0.25, 0.3) is 44.2 Å². The second-order valence-electron chi connectivity index (χ2n) is 15.2. The number of amides is 4. The molecule has 0 saturated carbocycles. The Balaban J connectivity index is 1.08. The Labute approximate surface area is 319 Å². The summed E-state index contributed by atoms with van der Waals surface area (Å²) in [6.45, 7) is 8.60. The van der Waals surface area contributed by atoms with E-state index in [1.807, 2.05) is 50.9 Å². The summed E-state index contributed by atoms with van der Waals surface area (Å²) in [6.07, 6.45) is 3.19. The van der Waals surface area contributed by atoms with Gasteiger partial charge in [0.15, 0.2) is 0 Å². The number of H-pyrrole nitrogens is 2. The van der Waals surface area contributed by atoms with E-state index >= 15 is 0 Å². The number of hydrogen-bond acceptors (Lipinski definition) is 7. The molecule has 0 bridgehead atoms. The van der Waals surface area contributed by atoms with Crippen LogP contribution < -0.4 is 10.6 Å². The maximum Gasteiger partial charge on any atom is 0.407 e. The van der Waals surface area contributed by atoms with Gasteiger partial charge in [-0.2, -0.15) is 0 Å². The van der Waals surface area contributed by atoms with Gasteiger partial charge in [-0.3, -0.25) is 9.59 Å². The lowest BCUT2D eigenvalue weighted by Crippen LogP contribution is -2.51. The Hall–Kier alpha value is -5.92. The van der Waals surface area contributed by atoms with E-state index < -0.39 is 24.3 Å². The minimum absolute atomic E-state index is 0.112. The molecule has 4 heterocycles. The Bertz CT molecular complexity index is 2240. The van der Waals surface area contributed by atoms with Crippen molar-refractivity contribution in [2.24, 2.45) is 11.8 Å². The Morgan fingerprint density at radius 1 is 0.764 bits per heavy atom. The fraction of sp³-hybridized carbons (Fsp3) is 0.415. The number of benzene rings is 3. The first-order valence-electron chi connectivity index (χ1n) is 19.0. The highest BCUT2D eigenvalue weighted by Crippen LogP contribution is 2.36. The number of aromatic nitrogens is 4. The van der Waals surface area contributed by atoms with E-state index in [0.717, 1.165) is 75.7 Å². The number of carboxylic acid groups (broad SMARTS) is 1. The molecular formula is C41H48N8O6. The molecule has 4 atom stereocenters. The van der Waals surface area contributed by atoms with Crippen LogP contribution >= 0.6 is 0 Å². The molecule has 0 unspecified atom stereocenters. The predicted octanol–water partition coefficient (Wildman–Crippen LogP) is 6.77. The molecule has 5 N–H and O–H groups in total. The van der Waals surface area contributed by atoms with Gasteiger partial charge >= 0.3 is 12.2 Å². The standard InChI is InChI=1S/C41H48N8O6/c1-22(2)34(46-40(52)53)38(50)48-16-6-8-32(48)36-42-21-31(45-36)28-13-12-24-18-25(10-11-26(24)19-28)27-14-15-29-30(20-27)44-37(43-29)33-9-7-17-49(33)39(51)35(23(3)4)47-41(54)55-5/h10-15,18-23,32-35,46H,6-9,16-17H2,1-5H3,(H,42,45)(H,43,44)(H,47,54)(H,52,53)/t32-,33-,34-,35-/m0/s1. The topological polar surface area (TPSA) is 186 Å². The van der Waals surface area contributed by atoms with Gasteiger partial charge in [-0.25, -0.2) is 19.6 Å². The molecule has 5 aromatic rings. The molecule has 4 amide bonds. The van der Waals surface area contributed by atoms with Crippen LogP contribution in [-0.2, 0) is 14.3 Å². The molecule has 0 aliphatic carbocycles. The average Bonchev–Trinajstić information content (AvgIpc) is 4.00. The molecule has 7 rings (SSSR count). The van der Waals surface area contributed by atoms with Gasteiger partial charge < -0.3 is 40.2 Å². The molecule has 2 aliphatic heterocycles. The van der Waals surface area contributed by atoms with E-state index in [-0.39, 0.29) is 35.7 Å². The van der Waals surface area contributed by atoms with Crippen LogP contribution in [0, 0.1) is 11.8 Å². The molecule has 3 aromatic carbocycles. The summed E-state index contributed by atoms with van der Waals surface area (Å²) in [5.41, 5.74) is 5.47. The van der Waals surface area contributed by atoms with Crippen LogP contribution in [-0.4, -0.2) is 91.1 Å². The molecular weight excluding hydrogens is 701 g/mol. The molecule has 2 aliphatic rings. The normalized spacial score (nSPS) is 18.3. The van der Waals surface area contributed by atoms with Gasteiger partial charge in [0, 0.05) is 24.8 Å². The van der Waals surface area contributed by atoms with Crippen molar-refractivity contribution < 1.29 is 29.0 Å². The molecule has 14 heteroatoms. The Morgan fingerprint density at radius 2 is 1.33 bits per heavy atom. The summed E-state index contributed by atoms with van der Waals surface area (Å²) in [7, 11) is 1.29. The molecule has 0 radical (unpaired) electrons. The van der Waals surface area contributed by atoms with E-state index in [1.165, 1.54) is 7.11 Å². The van der Waals surface area contributed by atoms with Crippen LogP contribution in [0.1, 0.15) is 77.1 Å². The predicted molar refractivity (Wildman–Crippen MR) is 208 cm³/mol. The molecule has 2 fully saturated rings. The zero-order valence-corrected chi connectivity index (χ0v) is 31.8. The smallest absolute Gasteiger partial charge is 0.407 e. The SMILES string of the molecule is COC(=O)N[C@H](C(=O)N1CCC[C@H]1c1nc2cc(-c3ccc4cc(-c5c[nH]c([C@@H]6CCCN6C(=O)[C@@H](NC(=O)O)C(C)C)n5)ccc4c3)ccc2[nH]1)C(C)C. The third kappa shape index (κ3) is 7.58. The Kier molecular flexibility index (Phi) is 10.5. The van der Waals surface area contributed by atoms with Gasteiger partial charge in [-0.1, -0.05) is 58.0 Å². The van der Waals surface area contributed by atoms with Gasteiger partial charge in [-0.15, -0.1) is 0 Å². The average molecular weight is 749 g/mol. The van der Waals surface area contributed by atoms with E-state index in [0.29, 0.717) is 18.9 Å². The van der Waals surface area contributed by atoms with Crippen molar-refractivity contribution in [2.75, 3.05) is 20.2 Å². The summed E-state index contributed by atoms with van der Waals surface area (Å²) in [5.74, 6) is 0.743. The molecule has 0 spiro atoms. The number of fused-ring (bicyclic) bond motifs is 2. The molecule has 288 valence electrons. The van der Waals surface area contributed by atoms with E-state index in [4.69, 9.17) is 14.7 Å². The lowest BCUT2D eigenvalue weighted by Gasteiger charge is -2.29. The summed E-state index contributed by atoms with van der Waals surface area (Å²) in [5, 5.41) is 16.5. The largest absolute Gasteiger partial charge is 0.465 e. The third-order valence-electron chi connectivity index (χ3n) is 10.9. The van der Waals surface area contributed by atoms with Crippen molar-refractivity contribution in [1.29, 1.82) is 0 Å². The number of carbonyl (C=O) groups is 4. The van der Waals surface area contributed by atoms with Crippen LogP contribution in [0.15, 0.2) is 60.8 Å². The maximum atomic E-state index is 13.6. The van der Waals surface area contributed by atoms with Gasteiger partial charge in [0.05, 0.1) is 35.9 Å². The van der Waals surface area contributed by atoms with Crippen LogP contribution in [0.3, 0.4) is 0 Å². The maximum absolute atomic E-state index is 13.6. The van der Waals surface area contributed by atoms with Crippen molar-refractivity contribution in [3.05, 3.63) is 72.4 Å². The van der Waals surface area contributed by atoms with Crippen molar-refractivity contribution in [1.82, 2.24) is 40.4 Å². The number of likely N-dealkylation sites (tertiary alicyclic amines) is 2. The summed E-state index contributed by atoms with van der Waals surface area (Å²) in [4.78, 5) is 70.5. The van der Waals surface area contributed by atoms with Gasteiger partial charge in [-0.05, 0) is 83.7 Å². The quantitative estimate of drug-likeness (QED) is 0.104. The zero-order chi connectivity index (χ0) is 39.0. The van der Waals surface area contributed by atoms with Crippen molar-refractivity contribution in [3.63, 3.8) is 0 Å². The number of nitrogens with zero attached hydrogens (tertiary/aromatic N) is 4.